The summed E-state index contributed by atoms with van der Waals surface area (Å²) < 4.78 is 0. The molecule has 0 spiro atoms. The van der Waals surface area contributed by atoms with Crippen LogP contribution in [0.3, 0.4) is 0 Å². The number of nitrogens with zero attached hydrogens (tertiary/aromatic N) is 2. The van der Waals surface area contributed by atoms with Crippen LogP contribution < -0.4 is 10.2 Å². The zero-order valence-electron chi connectivity index (χ0n) is 13.6. The summed E-state index contributed by atoms with van der Waals surface area (Å²) in [6, 6.07) is 2.14. The Kier molecular flexibility index (Phi) is 4.85. The van der Waals surface area contributed by atoms with E-state index in [-0.39, 0.29) is 0 Å². The van der Waals surface area contributed by atoms with E-state index in [9.17, 15) is 0 Å². The molecule has 1 N–H and O–H groups in total. The molecule has 2 unspecified atom stereocenters. The third-order valence-electron chi connectivity index (χ3n) is 4.98. The molecule has 0 aromatic carbocycles. The van der Waals surface area contributed by atoms with Crippen molar-refractivity contribution in [2.24, 2.45) is 0 Å². The SMILES string of the molecule is CCCNC1CC2CCCC(C1)N2c1nc(C(C)C)cs1. The molecule has 0 radical (unpaired) electrons. The van der Waals surface area contributed by atoms with E-state index in [4.69, 9.17) is 4.98 Å². The van der Waals surface area contributed by atoms with Crippen molar-refractivity contribution in [3.05, 3.63) is 11.1 Å². The van der Waals surface area contributed by atoms with Crippen molar-refractivity contribution in [3.8, 4) is 0 Å². The highest BCUT2D eigenvalue weighted by molar-refractivity contribution is 7.13. The molecule has 4 heteroatoms. The van der Waals surface area contributed by atoms with Gasteiger partial charge >= 0.3 is 0 Å². The van der Waals surface area contributed by atoms with Crippen LogP contribution in [0.2, 0.25) is 0 Å². The van der Waals surface area contributed by atoms with E-state index >= 15 is 0 Å². The molecular formula is C17H29N3S. The molecule has 1 aromatic heterocycles. The molecule has 2 aliphatic rings. The molecule has 2 saturated heterocycles. The summed E-state index contributed by atoms with van der Waals surface area (Å²) in [5.74, 6) is 0.540. The molecular weight excluding hydrogens is 278 g/mol. The highest BCUT2D eigenvalue weighted by atomic mass is 32.1. The lowest BCUT2D eigenvalue weighted by Crippen LogP contribution is -2.56. The smallest absolute Gasteiger partial charge is 0.186 e. The van der Waals surface area contributed by atoms with Gasteiger partial charge in [-0.3, -0.25) is 0 Å². The van der Waals surface area contributed by atoms with Crippen molar-refractivity contribution >= 4 is 16.5 Å². The van der Waals surface area contributed by atoms with E-state index in [1.807, 2.05) is 11.3 Å². The summed E-state index contributed by atoms with van der Waals surface area (Å²) >= 11 is 1.85. The summed E-state index contributed by atoms with van der Waals surface area (Å²) in [4.78, 5) is 7.60. The Bertz CT molecular complexity index is 443. The van der Waals surface area contributed by atoms with E-state index < -0.39 is 0 Å². The highest BCUT2D eigenvalue weighted by Gasteiger charge is 2.39. The van der Waals surface area contributed by atoms with Crippen LogP contribution in [-0.2, 0) is 0 Å². The average Bonchev–Trinajstić information content (AvgIpc) is 2.93. The largest absolute Gasteiger partial charge is 0.342 e. The fourth-order valence-corrected chi connectivity index (χ4v) is 5.00. The first kappa shape index (κ1) is 15.3. The quantitative estimate of drug-likeness (QED) is 0.885. The van der Waals surface area contributed by atoms with Crippen LogP contribution in [0.5, 0.6) is 0 Å². The average molecular weight is 308 g/mol. The molecule has 3 nitrogen and oxygen atoms in total. The molecule has 2 atom stereocenters. The molecule has 1 aromatic rings. The maximum Gasteiger partial charge on any atom is 0.186 e. The van der Waals surface area contributed by atoms with Gasteiger partial charge in [-0.1, -0.05) is 20.8 Å². The maximum absolute atomic E-state index is 4.93. The number of anilines is 1. The molecule has 118 valence electrons. The molecule has 21 heavy (non-hydrogen) atoms. The lowest BCUT2D eigenvalue weighted by molar-refractivity contribution is 0.245. The first-order chi connectivity index (χ1) is 10.2. The van der Waals surface area contributed by atoms with Gasteiger partial charge in [0.1, 0.15) is 0 Å². The third-order valence-corrected chi connectivity index (χ3v) is 5.85. The first-order valence-corrected chi connectivity index (χ1v) is 9.54. The van der Waals surface area contributed by atoms with Crippen LogP contribution in [0, 0.1) is 0 Å². The zero-order valence-corrected chi connectivity index (χ0v) is 14.5. The summed E-state index contributed by atoms with van der Waals surface area (Å²) in [6.45, 7) is 7.89. The van der Waals surface area contributed by atoms with Gasteiger partial charge in [0.15, 0.2) is 5.13 Å². The number of rotatable bonds is 5. The van der Waals surface area contributed by atoms with E-state index in [0.717, 1.165) is 6.04 Å². The number of hydrogen-bond acceptors (Lipinski definition) is 4. The first-order valence-electron chi connectivity index (χ1n) is 8.66. The second-order valence-electron chi connectivity index (χ2n) is 6.98. The van der Waals surface area contributed by atoms with Crippen LogP contribution >= 0.6 is 11.3 Å². The number of aromatic nitrogens is 1. The number of fused-ring (bicyclic) bond motifs is 2. The van der Waals surface area contributed by atoms with Crippen LogP contribution in [-0.4, -0.2) is 29.7 Å². The fourth-order valence-electron chi connectivity index (χ4n) is 3.87. The Labute approximate surface area is 133 Å². The number of thiazole rings is 1. The fraction of sp³-hybridized carbons (Fsp3) is 0.824. The lowest BCUT2D eigenvalue weighted by Gasteiger charge is -2.49. The van der Waals surface area contributed by atoms with Crippen molar-refractivity contribution in [3.63, 3.8) is 0 Å². The zero-order chi connectivity index (χ0) is 14.8. The Morgan fingerprint density at radius 2 is 2.05 bits per heavy atom. The number of nitrogens with one attached hydrogen (secondary N) is 1. The van der Waals surface area contributed by atoms with E-state index in [2.05, 4.69) is 36.4 Å². The summed E-state index contributed by atoms with van der Waals surface area (Å²) in [6.07, 6.45) is 7.92. The van der Waals surface area contributed by atoms with Gasteiger partial charge in [-0.15, -0.1) is 11.3 Å². The van der Waals surface area contributed by atoms with Crippen molar-refractivity contribution in [1.29, 1.82) is 0 Å². The molecule has 2 fully saturated rings. The van der Waals surface area contributed by atoms with Gasteiger partial charge < -0.3 is 10.2 Å². The van der Waals surface area contributed by atoms with Crippen LogP contribution in [0.15, 0.2) is 5.38 Å². The minimum Gasteiger partial charge on any atom is -0.342 e. The monoisotopic (exact) mass is 307 g/mol. The number of piperidine rings is 2. The summed E-state index contributed by atoms with van der Waals surface area (Å²) in [5, 5.41) is 7.29. The van der Waals surface area contributed by atoms with Crippen molar-refractivity contribution < 1.29 is 0 Å². The topological polar surface area (TPSA) is 28.2 Å². The minimum atomic E-state index is 0.540. The minimum absolute atomic E-state index is 0.540. The second kappa shape index (κ2) is 6.66. The van der Waals surface area contributed by atoms with Gasteiger partial charge in [-0.25, -0.2) is 4.98 Å². The third kappa shape index (κ3) is 3.26. The molecule has 0 aliphatic carbocycles. The van der Waals surface area contributed by atoms with Gasteiger partial charge in [0, 0.05) is 23.5 Å². The highest BCUT2D eigenvalue weighted by Crippen LogP contribution is 2.39. The summed E-state index contributed by atoms with van der Waals surface area (Å²) in [7, 11) is 0. The predicted molar refractivity (Wildman–Crippen MR) is 91.4 cm³/mol. The lowest BCUT2D eigenvalue weighted by atomic mass is 9.82. The predicted octanol–water partition coefficient (Wildman–Crippen LogP) is 4.16. The van der Waals surface area contributed by atoms with Crippen molar-refractivity contribution in [2.75, 3.05) is 11.4 Å². The number of hydrogen-bond donors (Lipinski definition) is 1. The second-order valence-corrected chi connectivity index (χ2v) is 7.81. The molecule has 2 bridgehead atoms. The summed E-state index contributed by atoms with van der Waals surface area (Å²) in [5.41, 5.74) is 1.26. The van der Waals surface area contributed by atoms with Gasteiger partial charge in [0.05, 0.1) is 5.69 Å². The van der Waals surface area contributed by atoms with Crippen LogP contribution in [0.4, 0.5) is 5.13 Å². The Morgan fingerprint density at radius 1 is 1.33 bits per heavy atom. The normalized spacial score (nSPS) is 29.1. The molecule has 3 rings (SSSR count). The van der Waals surface area contributed by atoms with Crippen LogP contribution in [0.25, 0.3) is 0 Å². The van der Waals surface area contributed by atoms with Gasteiger partial charge in [0.2, 0.25) is 0 Å². The van der Waals surface area contributed by atoms with Crippen LogP contribution in [0.1, 0.15) is 70.9 Å². The molecule has 0 amide bonds. The molecule has 0 saturated carbocycles. The van der Waals surface area contributed by atoms with Crippen molar-refractivity contribution in [1.82, 2.24) is 10.3 Å². The van der Waals surface area contributed by atoms with E-state index in [0.29, 0.717) is 18.0 Å². The molecule has 2 aliphatic heterocycles. The van der Waals surface area contributed by atoms with Gasteiger partial charge in [-0.05, 0) is 51.0 Å². The van der Waals surface area contributed by atoms with E-state index in [1.54, 1.807) is 0 Å². The van der Waals surface area contributed by atoms with Gasteiger partial charge in [0.25, 0.3) is 0 Å². The van der Waals surface area contributed by atoms with Gasteiger partial charge in [-0.2, -0.15) is 0 Å². The van der Waals surface area contributed by atoms with Crippen molar-refractivity contribution in [2.45, 2.75) is 83.3 Å². The van der Waals surface area contributed by atoms with E-state index in [1.165, 1.54) is 55.9 Å². The Balaban J connectivity index is 1.73. The maximum atomic E-state index is 4.93. The standard InChI is InChI=1S/C17H29N3S/c1-4-8-18-13-9-14-6-5-7-15(10-13)20(14)17-19-16(11-21-17)12(2)3/h11-15,18H,4-10H2,1-3H3. The Hall–Kier alpha value is -0.610. The molecule has 3 heterocycles. The Morgan fingerprint density at radius 3 is 2.62 bits per heavy atom.